The summed E-state index contributed by atoms with van der Waals surface area (Å²) in [4.78, 5) is 22.0. The van der Waals surface area contributed by atoms with Crippen molar-refractivity contribution in [2.24, 2.45) is 0 Å². The van der Waals surface area contributed by atoms with Crippen molar-refractivity contribution in [3.8, 4) is 0 Å². The Balaban J connectivity index is 2.02. The Labute approximate surface area is 122 Å². The van der Waals surface area contributed by atoms with E-state index in [0.717, 1.165) is 0 Å². The number of non-ortho nitro benzene ring substituents is 1. The van der Waals surface area contributed by atoms with E-state index < -0.39 is 4.92 Å². The topological polar surface area (TPSA) is 60.2 Å². The second-order valence-corrected chi connectivity index (χ2v) is 4.30. The molecule has 0 aliphatic rings. The maximum atomic E-state index is 11.8. The number of nitro groups is 1. The van der Waals surface area contributed by atoms with E-state index in [2.05, 4.69) is 0 Å². The Kier molecular flexibility index (Phi) is 4.77. The molecule has 0 aromatic heterocycles. The van der Waals surface area contributed by atoms with E-state index in [0.29, 0.717) is 11.1 Å². The second kappa shape index (κ2) is 6.96. The summed E-state index contributed by atoms with van der Waals surface area (Å²) in [6.07, 6.45) is 6.47. The van der Waals surface area contributed by atoms with Crippen LogP contribution >= 0.6 is 0 Å². The van der Waals surface area contributed by atoms with Crippen LogP contribution in [0.4, 0.5) is 5.69 Å². The van der Waals surface area contributed by atoms with E-state index in [4.69, 9.17) is 0 Å². The van der Waals surface area contributed by atoms with Crippen LogP contribution in [0.5, 0.6) is 0 Å². The van der Waals surface area contributed by atoms with Crippen LogP contribution in [0, 0.1) is 10.1 Å². The summed E-state index contributed by atoms with van der Waals surface area (Å²) in [5.74, 6) is -0.0840. The highest BCUT2D eigenvalue weighted by atomic mass is 16.6. The number of benzene rings is 2. The summed E-state index contributed by atoms with van der Waals surface area (Å²) in [6.45, 7) is 0. The van der Waals surface area contributed by atoms with Gasteiger partial charge in [0.1, 0.15) is 0 Å². The zero-order valence-corrected chi connectivity index (χ0v) is 11.2. The maximum Gasteiger partial charge on any atom is 0.270 e. The molecule has 0 saturated carbocycles. The zero-order valence-electron chi connectivity index (χ0n) is 11.2. The predicted octanol–water partition coefficient (Wildman–Crippen LogP) is 4.05. The van der Waals surface area contributed by atoms with E-state index in [9.17, 15) is 14.9 Å². The Morgan fingerprint density at radius 3 is 2.48 bits per heavy atom. The van der Waals surface area contributed by atoms with Crippen LogP contribution in [0.3, 0.4) is 0 Å². The van der Waals surface area contributed by atoms with Gasteiger partial charge in [-0.3, -0.25) is 14.9 Å². The van der Waals surface area contributed by atoms with Gasteiger partial charge in [0.05, 0.1) is 4.92 Å². The molecule has 0 aliphatic heterocycles. The molecule has 104 valence electrons. The molecule has 0 fully saturated rings. The standard InChI is InChI=1S/C17H13NO3/c19-17(15-9-2-1-3-10-15)12-5-4-7-14-8-6-11-16(13-14)18(20)21/h1-13H. The number of allylic oxidation sites excluding steroid dienone is 3. The van der Waals surface area contributed by atoms with Gasteiger partial charge in [-0.05, 0) is 11.6 Å². The second-order valence-electron chi connectivity index (χ2n) is 4.30. The molecule has 21 heavy (non-hydrogen) atoms. The van der Waals surface area contributed by atoms with Gasteiger partial charge in [0.2, 0.25) is 0 Å². The first-order valence-electron chi connectivity index (χ1n) is 6.35. The van der Waals surface area contributed by atoms with Crippen molar-refractivity contribution in [1.82, 2.24) is 0 Å². The van der Waals surface area contributed by atoms with Crippen LogP contribution in [-0.4, -0.2) is 10.7 Å². The van der Waals surface area contributed by atoms with E-state index in [-0.39, 0.29) is 11.5 Å². The smallest absolute Gasteiger partial charge is 0.270 e. The molecule has 4 nitrogen and oxygen atoms in total. The Morgan fingerprint density at radius 1 is 1.00 bits per heavy atom. The van der Waals surface area contributed by atoms with E-state index >= 15 is 0 Å². The number of carbonyl (C=O) groups is 1. The lowest BCUT2D eigenvalue weighted by molar-refractivity contribution is -0.384. The normalized spacial score (nSPS) is 11.0. The summed E-state index contributed by atoms with van der Waals surface area (Å²) in [5.41, 5.74) is 1.38. The average Bonchev–Trinajstić information content (AvgIpc) is 2.52. The summed E-state index contributed by atoms with van der Waals surface area (Å²) < 4.78 is 0. The fraction of sp³-hybridized carbons (Fsp3) is 0. The summed E-state index contributed by atoms with van der Waals surface area (Å²) >= 11 is 0. The Hall–Kier alpha value is -3.01. The quantitative estimate of drug-likeness (QED) is 0.273. The first kappa shape index (κ1) is 14.4. The zero-order chi connectivity index (χ0) is 15.1. The van der Waals surface area contributed by atoms with Crippen molar-refractivity contribution in [3.05, 3.63) is 94.1 Å². The van der Waals surface area contributed by atoms with E-state index in [1.165, 1.54) is 18.2 Å². The maximum absolute atomic E-state index is 11.8. The van der Waals surface area contributed by atoms with Crippen LogP contribution in [0.25, 0.3) is 6.08 Å². The summed E-state index contributed by atoms with van der Waals surface area (Å²) in [6, 6.07) is 15.2. The molecule has 0 N–H and O–H groups in total. The molecule has 2 aromatic carbocycles. The number of hydrogen-bond donors (Lipinski definition) is 0. The molecule has 2 rings (SSSR count). The first-order valence-corrected chi connectivity index (χ1v) is 6.35. The molecule has 0 atom stereocenters. The number of hydrogen-bond acceptors (Lipinski definition) is 3. The molecular formula is C17H13NO3. The van der Waals surface area contributed by atoms with Crippen LogP contribution in [0.2, 0.25) is 0 Å². The SMILES string of the molecule is O=C(C=CC=Cc1cccc([N+](=O)[O-])c1)c1ccccc1. The number of carbonyl (C=O) groups excluding carboxylic acids is 1. The van der Waals surface area contributed by atoms with E-state index in [1.54, 1.807) is 54.6 Å². The third-order valence-electron chi connectivity index (χ3n) is 2.79. The molecular weight excluding hydrogens is 266 g/mol. The lowest BCUT2D eigenvalue weighted by Crippen LogP contribution is -1.92. The molecule has 0 spiro atoms. The van der Waals surface area contributed by atoms with Crippen LogP contribution in [0.1, 0.15) is 15.9 Å². The molecule has 0 radical (unpaired) electrons. The molecule has 0 unspecified atom stereocenters. The molecule has 0 heterocycles. The van der Waals surface area contributed by atoms with Gasteiger partial charge in [-0.2, -0.15) is 0 Å². The fourth-order valence-corrected chi connectivity index (χ4v) is 1.75. The largest absolute Gasteiger partial charge is 0.289 e. The molecule has 2 aromatic rings. The number of rotatable bonds is 5. The number of nitro benzene ring substituents is 1. The van der Waals surface area contributed by atoms with Crippen molar-refractivity contribution < 1.29 is 9.72 Å². The van der Waals surface area contributed by atoms with Gasteiger partial charge in [-0.15, -0.1) is 0 Å². The van der Waals surface area contributed by atoms with Gasteiger partial charge in [0, 0.05) is 17.7 Å². The van der Waals surface area contributed by atoms with Gasteiger partial charge in [0.15, 0.2) is 5.78 Å². The lowest BCUT2D eigenvalue weighted by Gasteiger charge is -1.94. The lowest BCUT2D eigenvalue weighted by atomic mass is 10.1. The molecule has 0 amide bonds. The minimum absolute atomic E-state index is 0.0430. The van der Waals surface area contributed by atoms with Gasteiger partial charge >= 0.3 is 0 Å². The Bertz CT molecular complexity index is 703. The number of ketones is 1. The Morgan fingerprint density at radius 2 is 1.76 bits per heavy atom. The summed E-state index contributed by atoms with van der Waals surface area (Å²) in [5, 5.41) is 10.7. The van der Waals surface area contributed by atoms with Gasteiger partial charge in [-0.1, -0.05) is 60.7 Å². The highest BCUT2D eigenvalue weighted by Crippen LogP contribution is 2.14. The summed E-state index contributed by atoms with van der Waals surface area (Å²) in [7, 11) is 0. The van der Waals surface area contributed by atoms with E-state index in [1.807, 2.05) is 6.07 Å². The minimum Gasteiger partial charge on any atom is -0.289 e. The van der Waals surface area contributed by atoms with Crippen LogP contribution in [0.15, 0.2) is 72.8 Å². The van der Waals surface area contributed by atoms with Crippen molar-refractivity contribution in [2.45, 2.75) is 0 Å². The highest BCUT2D eigenvalue weighted by molar-refractivity contribution is 6.04. The number of nitrogens with zero attached hydrogens (tertiary/aromatic N) is 1. The van der Waals surface area contributed by atoms with Crippen LogP contribution < -0.4 is 0 Å². The van der Waals surface area contributed by atoms with Crippen molar-refractivity contribution in [2.75, 3.05) is 0 Å². The van der Waals surface area contributed by atoms with Crippen molar-refractivity contribution >= 4 is 17.5 Å². The van der Waals surface area contributed by atoms with Crippen molar-refractivity contribution in [3.63, 3.8) is 0 Å². The average molecular weight is 279 g/mol. The molecule has 0 aliphatic carbocycles. The van der Waals surface area contributed by atoms with Gasteiger partial charge < -0.3 is 0 Å². The monoisotopic (exact) mass is 279 g/mol. The minimum atomic E-state index is -0.438. The fourth-order valence-electron chi connectivity index (χ4n) is 1.75. The predicted molar refractivity (Wildman–Crippen MR) is 82.0 cm³/mol. The molecule has 0 saturated heterocycles. The van der Waals surface area contributed by atoms with Gasteiger partial charge in [-0.25, -0.2) is 0 Å². The van der Waals surface area contributed by atoms with Crippen LogP contribution in [-0.2, 0) is 0 Å². The third-order valence-corrected chi connectivity index (χ3v) is 2.79. The van der Waals surface area contributed by atoms with Gasteiger partial charge in [0.25, 0.3) is 5.69 Å². The molecule has 4 heteroatoms. The highest BCUT2D eigenvalue weighted by Gasteiger charge is 2.03. The first-order chi connectivity index (χ1) is 10.2. The molecule has 0 bridgehead atoms. The third kappa shape index (κ3) is 4.24. The van der Waals surface area contributed by atoms with Crippen molar-refractivity contribution in [1.29, 1.82) is 0 Å².